The van der Waals surface area contributed by atoms with Crippen LogP contribution in [0.2, 0.25) is 0 Å². The number of halogens is 1. The van der Waals surface area contributed by atoms with Gasteiger partial charge in [-0.3, -0.25) is 9.59 Å². The molecule has 1 aromatic heterocycles. The number of rotatable bonds is 5. The van der Waals surface area contributed by atoms with Crippen molar-refractivity contribution in [1.82, 2.24) is 14.8 Å². The number of nitrogens with one attached hydrogen (secondary N) is 1. The number of ether oxygens (including phenoxy) is 1. The summed E-state index contributed by atoms with van der Waals surface area (Å²) in [5.74, 6) is -0.469. The SMILES string of the molecule is CC(C)C(NC(=O)c1cc(C(=O)N2CCC[C@@H]2C)n2c1COCC2)c1ccc(F)cc1. The Bertz CT molecular complexity index is 967. The molecule has 1 aromatic carbocycles. The number of hydrogen-bond acceptors (Lipinski definition) is 3. The van der Waals surface area contributed by atoms with E-state index in [4.69, 9.17) is 4.74 Å². The number of carbonyl (C=O) groups is 2. The molecule has 4 rings (SSSR count). The first-order valence-corrected chi connectivity index (χ1v) is 11.0. The highest BCUT2D eigenvalue weighted by Crippen LogP contribution is 2.27. The minimum absolute atomic E-state index is 0.0221. The number of aromatic nitrogens is 1. The highest BCUT2D eigenvalue weighted by Gasteiger charge is 2.32. The summed E-state index contributed by atoms with van der Waals surface area (Å²) in [4.78, 5) is 28.5. The molecule has 2 atom stereocenters. The minimum Gasteiger partial charge on any atom is -0.373 e. The number of hydrogen-bond donors (Lipinski definition) is 1. The first-order chi connectivity index (χ1) is 14.9. The Labute approximate surface area is 182 Å². The summed E-state index contributed by atoms with van der Waals surface area (Å²) in [6.45, 7) is 8.21. The zero-order valence-corrected chi connectivity index (χ0v) is 18.4. The quantitative estimate of drug-likeness (QED) is 0.787. The van der Waals surface area contributed by atoms with Crippen LogP contribution in [0.15, 0.2) is 30.3 Å². The highest BCUT2D eigenvalue weighted by atomic mass is 19.1. The fourth-order valence-corrected chi connectivity index (χ4v) is 4.60. The molecule has 0 aliphatic carbocycles. The van der Waals surface area contributed by atoms with Crippen molar-refractivity contribution in [3.8, 4) is 0 Å². The lowest BCUT2D eigenvalue weighted by Crippen LogP contribution is -2.35. The molecule has 1 saturated heterocycles. The summed E-state index contributed by atoms with van der Waals surface area (Å²) in [5.41, 5.74) is 2.61. The minimum atomic E-state index is -0.310. The number of nitrogens with zero attached hydrogens (tertiary/aromatic N) is 2. The fourth-order valence-electron chi connectivity index (χ4n) is 4.60. The average molecular weight is 428 g/mol. The number of amides is 2. The molecule has 2 aliphatic rings. The van der Waals surface area contributed by atoms with Crippen LogP contribution in [0.4, 0.5) is 4.39 Å². The van der Waals surface area contributed by atoms with E-state index in [0.717, 1.165) is 30.6 Å². The van der Waals surface area contributed by atoms with Crippen LogP contribution in [-0.2, 0) is 17.9 Å². The second kappa shape index (κ2) is 8.83. The third-order valence-corrected chi connectivity index (χ3v) is 6.37. The summed E-state index contributed by atoms with van der Waals surface area (Å²) in [6.07, 6.45) is 2.01. The standard InChI is InChI=1S/C24H30FN3O3/c1-15(2)22(17-6-8-18(25)9-7-17)26-23(29)19-13-20(28-11-12-31-14-21(19)28)24(30)27-10-4-5-16(27)3/h6-9,13,15-16,22H,4-5,10-12,14H2,1-3H3,(H,26,29)/t16-,22?/m0/s1. The molecule has 2 amide bonds. The van der Waals surface area contributed by atoms with Crippen molar-refractivity contribution in [2.75, 3.05) is 13.2 Å². The molecule has 0 bridgehead atoms. The van der Waals surface area contributed by atoms with Crippen LogP contribution in [0.5, 0.6) is 0 Å². The van der Waals surface area contributed by atoms with Gasteiger partial charge in [-0.1, -0.05) is 26.0 Å². The van der Waals surface area contributed by atoms with E-state index in [-0.39, 0.29) is 35.6 Å². The van der Waals surface area contributed by atoms with Gasteiger partial charge in [0.1, 0.15) is 11.5 Å². The summed E-state index contributed by atoms with van der Waals surface area (Å²) in [7, 11) is 0. The lowest BCUT2D eigenvalue weighted by Gasteiger charge is -2.25. The highest BCUT2D eigenvalue weighted by molar-refractivity contribution is 6.01. The smallest absolute Gasteiger partial charge is 0.270 e. The second-order valence-corrected chi connectivity index (χ2v) is 8.83. The summed E-state index contributed by atoms with van der Waals surface area (Å²) >= 11 is 0. The Balaban J connectivity index is 1.63. The maximum Gasteiger partial charge on any atom is 0.270 e. The van der Waals surface area contributed by atoms with Gasteiger partial charge in [-0.2, -0.15) is 0 Å². The molecule has 2 aliphatic heterocycles. The third kappa shape index (κ3) is 4.24. The number of benzene rings is 1. The van der Waals surface area contributed by atoms with Crippen molar-refractivity contribution in [2.24, 2.45) is 5.92 Å². The molecule has 31 heavy (non-hydrogen) atoms. The average Bonchev–Trinajstić information content (AvgIpc) is 3.36. The monoisotopic (exact) mass is 427 g/mol. The van der Waals surface area contributed by atoms with Gasteiger partial charge < -0.3 is 19.5 Å². The molecule has 1 fully saturated rings. The Kier molecular flexibility index (Phi) is 6.14. The van der Waals surface area contributed by atoms with E-state index in [0.29, 0.717) is 31.0 Å². The number of likely N-dealkylation sites (tertiary alicyclic amines) is 1. The van der Waals surface area contributed by atoms with E-state index < -0.39 is 0 Å². The molecular weight excluding hydrogens is 397 g/mol. The molecule has 1 N–H and O–H groups in total. The van der Waals surface area contributed by atoms with Gasteiger partial charge in [-0.15, -0.1) is 0 Å². The molecule has 0 saturated carbocycles. The van der Waals surface area contributed by atoms with Crippen LogP contribution in [0.1, 0.15) is 71.8 Å². The maximum absolute atomic E-state index is 13.4. The van der Waals surface area contributed by atoms with Crippen molar-refractivity contribution in [1.29, 1.82) is 0 Å². The Morgan fingerprint density at radius 3 is 2.58 bits per heavy atom. The van der Waals surface area contributed by atoms with Gasteiger partial charge in [-0.25, -0.2) is 4.39 Å². The predicted molar refractivity (Wildman–Crippen MR) is 115 cm³/mol. The van der Waals surface area contributed by atoms with Crippen LogP contribution in [-0.4, -0.2) is 40.5 Å². The largest absolute Gasteiger partial charge is 0.373 e. The first-order valence-electron chi connectivity index (χ1n) is 11.0. The molecule has 3 heterocycles. The van der Waals surface area contributed by atoms with E-state index in [1.54, 1.807) is 18.2 Å². The summed E-state index contributed by atoms with van der Waals surface area (Å²) < 4.78 is 20.9. The van der Waals surface area contributed by atoms with Crippen LogP contribution in [0.25, 0.3) is 0 Å². The van der Waals surface area contributed by atoms with Gasteiger partial charge in [0.25, 0.3) is 11.8 Å². The van der Waals surface area contributed by atoms with Crippen molar-refractivity contribution in [3.63, 3.8) is 0 Å². The predicted octanol–water partition coefficient (Wildman–Crippen LogP) is 3.91. The molecule has 1 unspecified atom stereocenters. The normalized spacial score (nSPS) is 19.4. The molecule has 0 spiro atoms. The Morgan fingerprint density at radius 2 is 1.94 bits per heavy atom. The van der Waals surface area contributed by atoms with E-state index in [1.807, 2.05) is 23.3 Å². The van der Waals surface area contributed by atoms with Gasteiger partial charge in [-0.05, 0) is 49.4 Å². The lowest BCUT2D eigenvalue weighted by atomic mass is 9.95. The molecule has 0 radical (unpaired) electrons. The molecule has 2 aromatic rings. The van der Waals surface area contributed by atoms with E-state index in [1.165, 1.54) is 12.1 Å². The molecular formula is C24H30FN3O3. The fraction of sp³-hybridized carbons (Fsp3) is 0.500. The zero-order chi connectivity index (χ0) is 22.1. The zero-order valence-electron chi connectivity index (χ0n) is 18.4. The van der Waals surface area contributed by atoms with Crippen molar-refractivity contribution >= 4 is 11.8 Å². The van der Waals surface area contributed by atoms with Crippen LogP contribution in [0, 0.1) is 11.7 Å². The van der Waals surface area contributed by atoms with Gasteiger partial charge in [0.2, 0.25) is 0 Å². The Morgan fingerprint density at radius 1 is 1.19 bits per heavy atom. The van der Waals surface area contributed by atoms with Gasteiger partial charge in [0, 0.05) is 19.1 Å². The van der Waals surface area contributed by atoms with E-state index >= 15 is 0 Å². The number of carbonyl (C=O) groups excluding carboxylic acids is 2. The van der Waals surface area contributed by atoms with Gasteiger partial charge >= 0.3 is 0 Å². The summed E-state index contributed by atoms with van der Waals surface area (Å²) in [5, 5.41) is 3.09. The maximum atomic E-state index is 13.4. The van der Waals surface area contributed by atoms with Crippen LogP contribution in [0.3, 0.4) is 0 Å². The van der Waals surface area contributed by atoms with E-state index in [2.05, 4.69) is 12.2 Å². The molecule has 166 valence electrons. The van der Waals surface area contributed by atoms with Gasteiger partial charge in [0.15, 0.2) is 0 Å². The topological polar surface area (TPSA) is 63.6 Å². The summed E-state index contributed by atoms with van der Waals surface area (Å²) in [6, 6.07) is 7.85. The van der Waals surface area contributed by atoms with Crippen LogP contribution >= 0.6 is 0 Å². The van der Waals surface area contributed by atoms with E-state index in [9.17, 15) is 14.0 Å². The van der Waals surface area contributed by atoms with Crippen LogP contribution < -0.4 is 5.32 Å². The Hall–Kier alpha value is -2.67. The van der Waals surface area contributed by atoms with Gasteiger partial charge in [0.05, 0.1) is 30.5 Å². The number of fused-ring (bicyclic) bond motifs is 1. The molecule has 6 nitrogen and oxygen atoms in total. The second-order valence-electron chi connectivity index (χ2n) is 8.83. The van der Waals surface area contributed by atoms with Crippen molar-refractivity contribution in [3.05, 3.63) is 58.7 Å². The van der Waals surface area contributed by atoms with Crippen molar-refractivity contribution < 1.29 is 18.7 Å². The third-order valence-electron chi connectivity index (χ3n) is 6.37. The van der Waals surface area contributed by atoms with Crippen molar-refractivity contribution in [2.45, 2.75) is 58.8 Å². The molecule has 7 heteroatoms. The lowest BCUT2D eigenvalue weighted by molar-refractivity contribution is 0.0683. The first kappa shape index (κ1) is 21.6.